The predicted octanol–water partition coefficient (Wildman–Crippen LogP) is 0.0380. The topological polar surface area (TPSA) is 87.2 Å². The first-order chi connectivity index (χ1) is 8.25. The Morgan fingerprint density at radius 1 is 1.18 bits per heavy atom. The molecule has 0 saturated heterocycles. The summed E-state index contributed by atoms with van der Waals surface area (Å²) in [5, 5.41) is 12.6. The molecule has 3 aromatic heterocycles. The van der Waals surface area contributed by atoms with Crippen LogP contribution < -0.4 is 0 Å². The van der Waals surface area contributed by atoms with Crippen molar-refractivity contribution in [1.82, 2.24) is 39.7 Å². The van der Waals surface area contributed by atoms with E-state index >= 15 is 0 Å². The van der Waals surface area contributed by atoms with Crippen LogP contribution in [-0.2, 0) is 14.1 Å². The Balaban J connectivity index is 2.09. The molecule has 0 amide bonds. The third kappa shape index (κ3) is 1.64. The fraction of sp³-hybridized carbons (Fsp3) is 0.250. The monoisotopic (exact) mass is 248 g/mol. The van der Waals surface area contributed by atoms with Gasteiger partial charge < -0.3 is 4.57 Å². The number of aromatic nitrogens is 8. The molecule has 0 unspecified atom stereocenters. The fourth-order valence-corrected chi connectivity index (χ4v) is 2.15. The van der Waals surface area contributed by atoms with Crippen LogP contribution in [0.5, 0.6) is 0 Å². The molecule has 0 atom stereocenters. The van der Waals surface area contributed by atoms with Gasteiger partial charge in [-0.2, -0.15) is 0 Å². The number of hydrogen-bond donors (Lipinski definition) is 0. The van der Waals surface area contributed by atoms with E-state index in [0.29, 0.717) is 5.16 Å². The molecule has 86 valence electrons. The molecule has 0 bridgehead atoms. The van der Waals surface area contributed by atoms with E-state index in [1.807, 2.05) is 11.6 Å². The third-order valence-corrected chi connectivity index (χ3v) is 3.25. The average molecular weight is 248 g/mol. The Bertz CT molecular complexity index is 671. The zero-order valence-electron chi connectivity index (χ0n) is 9.14. The van der Waals surface area contributed by atoms with Crippen molar-refractivity contribution in [1.29, 1.82) is 0 Å². The molecule has 3 rings (SSSR count). The Labute approximate surface area is 100 Å². The predicted molar refractivity (Wildman–Crippen MR) is 59.2 cm³/mol. The van der Waals surface area contributed by atoms with Crippen molar-refractivity contribution < 1.29 is 0 Å². The van der Waals surface area contributed by atoms with Crippen LogP contribution in [0.3, 0.4) is 0 Å². The summed E-state index contributed by atoms with van der Waals surface area (Å²) in [6.07, 6.45) is 3.22. The van der Waals surface area contributed by atoms with Gasteiger partial charge in [0, 0.05) is 14.1 Å². The van der Waals surface area contributed by atoms with E-state index in [4.69, 9.17) is 0 Å². The van der Waals surface area contributed by atoms with Gasteiger partial charge in [-0.3, -0.25) is 0 Å². The molecule has 0 fully saturated rings. The molecule has 0 aromatic carbocycles. The van der Waals surface area contributed by atoms with Gasteiger partial charge in [0.15, 0.2) is 5.65 Å². The molecule has 3 heterocycles. The quantitative estimate of drug-likeness (QED) is 0.591. The van der Waals surface area contributed by atoms with Gasteiger partial charge in [0.05, 0.1) is 6.33 Å². The lowest BCUT2D eigenvalue weighted by Gasteiger charge is -1.99. The van der Waals surface area contributed by atoms with Gasteiger partial charge in [0.25, 0.3) is 0 Å². The highest BCUT2D eigenvalue weighted by Crippen LogP contribution is 2.27. The van der Waals surface area contributed by atoms with Crippen LogP contribution in [0.15, 0.2) is 22.8 Å². The number of hydrogen-bond acceptors (Lipinski definition) is 7. The standard InChI is InChI=1S/C8H8N8S/c1-15-4-11-5-6(15)9-3-10-7(5)17-8-12-13-14-16(8)2/h3-4H,1-2H3. The Morgan fingerprint density at radius 3 is 2.82 bits per heavy atom. The molecule has 0 radical (unpaired) electrons. The van der Waals surface area contributed by atoms with Gasteiger partial charge >= 0.3 is 0 Å². The summed E-state index contributed by atoms with van der Waals surface area (Å²) in [6.45, 7) is 0. The Kier molecular flexibility index (Phi) is 2.25. The smallest absolute Gasteiger partial charge is 0.215 e. The normalized spacial score (nSPS) is 11.2. The first-order valence-electron chi connectivity index (χ1n) is 4.78. The van der Waals surface area contributed by atoms with E-state index in [1.54, 1.807) is 18.1 Å². The number of rotatable bonds is 2. The van der Waals surface area contributed by atoms with E-state index < -0.39 is 0 Å². The summed E-state index contributed by atoms with van der Waals surface area (Å²) in [5.74, 6) is 0. The average Bonchev–Trinajstić information content (AvgIpc) is 2.89. The van der Waals surface area contributed by atoms with Gasteiger partial charge in [0.1, 0.15) is 16.9 Å². The fourth-order valence-electron chi connectivity index (χ4n) is 1.39. The van der Waals surface area contributed by atoms with Gasteiger partial charge in [-0.15, -0.1) is 5.10 Å². The van der Waals surface area contributed by atoms with Crippen molar-refractivity contribution in [2.75, 3.05) is 0 Å². The van der Waals surface area contributed by atoms with Crippen molar-refractivity contribution in [2.24, 2.45) is 14.1 Å². The van der Waals surface area contributed by atoms with Crippen molar-refractivity contribution in [3.8, 4) is 0 Å². The number of nitrogens with zero attached hydrogens (tertiary/aromatic N) is 8. The van der Waals surface area contributed by atoms with E-state index in [2.05, 4.69) is 30.5 Å². The number of aryl methyl sites for hydroxylation is 2. The summed E-state index contributed by atoms with van der Waals surface area (Å²) in [6, 6.07) is 0. The van der Waals surface area contributed by atoms with Gasteiger partial charge in [-0.05, 0) is 22.2 Å². The molecule has 9 heteroatoms. The van der Waals surface area contributed by atoms with Crippen LogP contribution in [0.2, 0.25) is 0 Å². The van der Waals surface area contributed by atoms with Crippen LogP contribution in [-0.4, -0.2) is 39.7 Å². The minimum atomic E-state index is 0.663. The molecule has 0 spiro atoms. The maximum atomic E-state index is 4.27. The van der Waals surface area contributed by atoms with Crippen LogP contribution >= 0.6 is 11.8 Å². The van der Waals surface area contributed by atoms with Crippen LogP contribution in [0.25, 0.3) is 11.2 Å². The van der Waals surface area contributed by atoms with Crippen LogP contribution in [0.1, 0.15) is 0 Å². The summed E-state index contributed by atoms with van der Waals surface area (Å²) < 4.78 is 3.43. The van der Waals surface area contributed by atoms with Gasteiger partial charge in [-0.25, -0.2) is 19.6 Å². The molecule has 0 aliphatic carbocycles. The minimum absolute atomic E-state index is 0.663. The first-order valence-corrected chi connectivity index (χ1v) is 5.59. The first kappa shape index (κ1) is 10.1. The number of fused-ring (bicyclic) bond motifs is 1. The molecular formula is C8H8N8S. The summed E-state index contributed by atoms with van der Waals surface area (Å²) in [7, 11) is 3.67. The van der Waals surface area contributed by atoms with E-state index in [0.717, 1.165) is 16.2 Å². The zero-order valence-corrected chi connectivity index (χ0v) is 9.96. The van der Waals surface area contributed by atoms with Crippen molar-refractivity contribution in [2.45, 2.75) is 10.2 Å². The molecule has 8 nitrogen and oxygen atoms in total. The Hall–Kier alpha value is -2.03. The second kappa shape index (κ2) is 3.77. The maximum Gasteiger partial charge on any atom is 0.215 e. The highest BCUT2D eigenvalue weighted by molar-refractivity contribution is 7.99. The molecule has 0 N–H and O–H groups in total. The van der Waals surface area contributed by atoms with Gasteiger partial charge in [-0.1, -0.05) is 0 Å². The molecule has 17 heavy (non-hydrogen) atoms. The van der Waals surface area contributed by atoms with Gasteiger partial charge in [0.2, 0.25) is 5.16 Å². The molecule has 0 aliphatic heterocycles. The maximum absolute atomic E-state index is 4.27. The largest absolute Gasteiger partial charge is 0.318 e. The second-order valence-corrected chi connectivity index (χ2v) is 4.35. The number of imidazole rings is 1. The van der Waals surface area contributed by atoms with Crippen LogP contribution in [0, 0.1) is 0 Å². The van der Waals surface area contributed by atoms with Crippen LogP contribution in [0.4, 0.5) is 0 Å². The molecule has 0 saturated carbocycles. The third-order valence-electron chi connectivity index (χ3n) is 2.23. The van der Waals surface area contributed by atoms with Crippen molar-refractivity contribution >= 4 is 22.9 Å². The molecular weight excluding hydrogens is 240 g/mol. The second-order valence-electron chi connectivity index (χ2n) is 3.39. The SMILES string of the molecule is Cn1nnnc1Sc1ncnc2c1ncn2C. The zero-order chi connectivity index (χ0) is 11.8. The van der Waals surface area contributed by atoms with Crippen molar-refractivity contribution in [3.05, 3.63) is 12.7 Å². The summed E-state index contributed by atoms with van der Waals surface area (Å²) in [4.78, 5) is 12.6. The highest BCUT2D eigenvalue weighted by Gasteiger charge is 2.12. The van der Waals surface area contributed by atoms with E-state index in [-0.39, 0.29) is 0 Å². The van der Waals surface area contributed by atoms with E-state index in [9.17, 15) is 0 Å². The molecule has 3 aromatic rings. The summed E-state index contributed by atoms with van der Waals surface area (Å²) in [5.41, 5.74) is 1.54. The minimum Gasteiger partial charge on any atom is -0.318 e. The number of tetrazole rings is 1. The Morgan fingerprint density at radius 2 is 2.06 bits per heavy atom. The van der Waals surface area contributed by atoms with Crippen molar-refractivity contribution in [3.63, 3.8) is 0 Å². The summed E-state index contributed by atoms with van der Waals surface area (Å²) >= 11 is 1.36. The molecule has 0 aliphatic rings. The lowest BCUT2D eigenvalue weighted by molar-refractivity contribution is 0.664. The lowest BCUT2D eigenvalue weighted by atomic mass is 10.5. The highest BCUT2D eigenvalue weighted by atomic mass is 32.2. The lowest BCUT2D eigenvalue weighted by Crippen LogP contribution is -1.95. The van der Waals surface area contributed by atoms with E-state index in [1.165, 1.54) is 18.1 Å².